The predicted octanol–water partition coefficient (Wildman–Crippen LogP) is 1.66. The number of hydrogen-bond donors (Lipinski definition) is 1. The van der Waals surface area contributed by atoms with Gasteiger partial charge in [-0.2, -0.15) is 0 Å². The molecule has 17 heavy (non-hydrogen) atoms. The SMILES string of the molecule is CCCn1cc(S(=O)(=O)NC(C)CBr)nc1C. The monoisotopic (exact) mass is 323 g/mol. The van der Waals surface area contributed by atoms with Crippen molar-refractivity contribution >= 4 is 26.0 Å². The van der Waals surface area contributed by atoms with Crippen LogP contribution in [0.25, 0.3) is 0 Å². The van der Waals surface area contributed by atoms with Crippen LogP contribution < -0.4 is 4.72 Å². The zero-order chi connectivity index (χ0) is 13.1. The highest BCUT2D eigenvalue weighted by Crippen LogP contribution is 2.10. The number of hydrogen-bond acceptors (Lipinski definition) is 3. The van der Waals surface area contributed by atoms with E-state index in [4.69, 9.17) is 0 Å². The highest BCUT2D eigenvalue weighted by molar-refractivity contribution is 9.09. The molecule has 0 saturated carbocycles. The maximum absolute atomic E-state index is 12.0. The summed E-state index contributed by atoms with van der Waals surface area (Å²) in [7, 11) is -3.50. The molecule has 0 bridgehead atoms. The molecular formula is C10H18BrN3O2S. The van der Waals surface area contributed by atoms with E-state index in [1.54, 1.807) is 13.1 Å². The lowest BCUT2D eigenvalue weighted by molar-refractivity contribution is 0.568. The minimum Gasteiger partial charge on any atom is -0.334 e. The molecule has 0 aliphatic heterocycles. The Kier molecular flexibility index (Phi) is 5.15. The van der Waals surface area contributed by atoms with Crippen LogP contribution in [0.5, 0.6) is 0 Å². The molecule has 1 aromatic rings. The smallest absolute Gasteiger partial charge is 0.259 e. The van der Waals surface area contributed by atoms with Crippen molar-refractivity contribution in [3.8, 4) is 0 Å². The lowest BCUT2D eigenvalue weighted by Crippen LogP contribution is -2.33. The van der Waals surface area contributed by atoms with Crippen LogP contribution in [0.2, 0.25) is 0 Å². The first-order valence-electron chi connectivity index (χ1n) is 5.52. The van der Waals surface area contributed by atoms with E-state index in [1.165, 1.54) is 0 Å². The van der Waals surface area contributed by atoms with Crippen molar-refractivity contribution in [1.29, 1.82) is 0 Å². The van der Waals surface area contributed by atoms with Gasteiger partial charge < -0.3 is 4.57 Å². The van der Waals surface area contributed by atoms with Crippen LogP contribution in [0.1, 0.15) is 26.1 Å². The lowest BCUT2D eigenvalue weighted by atomic mass is 10.4. The number of nitrogens with one attached hydrogen (secondary N) is 1. The molecule has 0 amide bonds. The molecule has 0 radical (unpaired) electrons. The molecule has 0 aliphatic rings. The molecule has 0 aromatic carbocycles. The van der Waals surface area contributed by atoms with E-state index in [2.05, 4.69) is 25.6 Å². The average molecular weight is 324 g/mol. The molecule has 1 atom stereocenters. The third-order valence-electron chi connectivity index (χ3n) is 2.28. The minimum absolute atomic E-state index is 0.0938. The molecule has 7 heteroatoms. The average Bonchev–Trinajstić information content (AvgIpc) is 2.61. The summed E-state index contributed by atoms with van der Waals surface area (Å²) in [5, 5.41) is 0.664. The van der Waals surface area contributed by atoms with E-state index >= 15 is 0 Å². The zero-order valence-corrected chi connectivity index (χ0v) is 12.7. The van der Waals surface area contributed by atoms with Crippen molar-refractivity contribution in [2.45, 2.75) is 44.8 Å². The highest BCUT2D eigenvalue weighted by atomic mass is 79.9. The van der Waals surface area contributed by atoms with Crippen LogP contribution in [-0.4, -0.2) is 29.3 Å². The van der Waals surface area contributed by atoms with Gasteiger partial charge in [0, 0.05) is 24.1 Å². The van der Waals surface area contributed by atoms with Gasteiger partial charge in [-0.3, -0.25) is 0 Å². The van der Waals surface area contributed by atoms with E-state index in [0.29, 0.717) is 5.33 Å². The number of alkyl halides is 1. The van der Waals surface area contributed by atoms with Crippen LogP contribution >= 0.6 is 15.9 Å². The molecule has 0 fully saturated rings. The number of aromatic nitrogens is 2. The maximum Gasteiger partial charge on any atom is 0.259 e. The molecule has 5 nitrogen and oxygen atoms in total. The standard InChI is InChI=1S/C10H18BrN3O2S/c1-4-5-14-7-10(12-9(14)3)17(15,16)13-8(2)6-11/h7-8,13H,4-6H2,1-3H3. The fourth-order valence-corrected chi connectivity index (χ4v) is 3.06. The van der Waals surface area contributed by atoms with Gasteiger partial charge in [0.15, 0.2) is 5.03 Å². The second-order valence-electron chi connectivity index (χ2n) is 4.00. The molecule has 1 heterocycles. The first-order chi connectivity index (χ1) is 7.90. The summed E-state index contributed by atoms with van der Waals surface area (Å²) in [6, 6.07) is -0.156. The number of nitrogens with zero attached hydrogens (tertiary/aromatic N) is 2. The summed E-state index contributed by atoms with van der Waals surface area (Å²) < 4.78 is 28.3. The normalized spacial score (nSPS) is 13.9. The Morgan fingerprint density at radius 1 is 1.59 bits per heavy atom. The quantitative estimate of drug-likeness (QED) is 0.810. The largest absolute Gasteiger partial charge is 0.334 e. The minimum atomic E-state index is -3.50. The van der Waals surface area contributed by atoms with Gasteiger partial charge in [-0.25, -0.2) is 18.1 Å². The number of rotatable bonds is 6. The zero-order valence-electron chi connectivity index (χ0n) is 10.3. The molecular weight excluding hydrogens is 306 g/mol. The molecule has 0 saturated heterocycles. The molecule has 98 valence electrons. The summed E-state index contributed by atoms with van der Waals surface area (Å²) in [4.78, 5) is 4.09. The van der Waals surface area contributed by atoms with Crippen molar-refractivity contribution < 1.29 is 8.42 Å². The van der Waals surface area contributed by atoms with E-state index in [-0.39, 0.29) is 11.1 Å². The third kappa shape index (κ3) is 3.79. The Hall–Kier alpha value is -0.400. The van der Waals surface area contributed by atoms with Crippen molar-refractivity contribution in [1.82, 2.24) is 14.3 Å². The summed E-state index contributed by atoms with van der Waals surface area (Å²) in [5.41, 5.74) is 0. The number of aryl methyl sites for hydroxylation is 2. The Balaban J connectivity index is 2.95. The van der Waals surface area contributed by atoms with Gasteiger partial charge in [0.05, 0.1) is 0 Å². The van der Waals surface area contributed by atoms with Crippen molar-refractivity contribution in [2.75, 3.05) is 5.33 Å². The first-order valence-corrected chi connectivity index (χ1v) is 8.13. The summed E-state index contributed by atoms with van der Waals surface area (Å²) >= 11 is 3.23. The number of halogens is 1. The molecule has 1 N–H and O–H groups in total. The number of imidazole rings is 1. The van der Waals surface area contributed by atoms with Crippen LogP contribution in [-0.2, 0) is 16.6 Å². The number of sulfonamides is 1. The molecule has 1 rings (SSSR count). The third-order valence-corrected chi connectivity index (χ3v) is 4.71. The van der Waals surface area contributed by atoms with E-state index in [0.717, 1.165) is 18.8 Å². The van der Waals surface area contributed by atoms with Gasteiger partial charge in [0.25, 0.3) is 10.0 Å². The second kappa shape index (κ2) is 5.97. The maximum atomic E-state index is 12.0. The summed E-state index contributed by atoms with van der Waals surface area (Å²) in [6.45, 7) is 6.42. The topological polar surface area (TPSA) is 64.0 Å². The van der Waals surface area contributed by atoms with Crippen LogP contribution in [0.3, 0.4) is 0 Å². The summed E-state index contributed by atoms with van der Waals surface area (Å²) in [6.07, 6.45) is 2.53. The van der Waals surface area contributed by atoms with Crippen LogP contribution in [0.15, 0.2) is 11.2 Å². The fraction of sp³-hybridized carbons (Fsp3) is 0.700. The fourth-order valence-electron chi connectivity index (χ4n) is 1.43. The van der Waals surface area contributed by atoms with Gasteiger partial charge >= 0.3 is 0 Å². The second-order valence-corrected chi connectivity index (χ2v) is 6.30. The van der Waals surface area contributed by atoms with Gasteiger partial charge in [-0.15, -0.1) is 0 Å². The Morgan fingerprint density at radius 3 is 2.76 bits per heavy atom. The van der Waals surface area contributed by atoms with Gasteiger partial charge in [0.2, 0.25) is 0 Å². The van der Waals surface area contributed by atoms with Gasteiger partial charge in [-0.1, -0.05) is 22.9 Å². The van der Waals surface area contributed by atoms with E-state index in [1.807, 2.05) is 18.4 Å². The lowest BCUT2D eigenvalue weighted by Gasteiger charge is -2.08. The van der Waals surface area contributed by atoms with E-state index in [9.17, 15) is 8.42 Å². The van der Waals surface area contributed by atoms with Crippen LogP contribution in [0.4, 0.5) is 0 Å². The predicted molar refractivity (Wildman–Crippen MR) is 70.8 cm³/mol. The highest BCUT2D eigenvalue weighted by Gasteiger charge is 2.20. The van der Waals surface area contributed by atoms with E-state index < -0.39 is 10.0 Å². The molecule has 0 aliphatic carbocycles. The Labute approximate surface area is 111 Å². The van der Waals surface area contributed by atoms with Gasteiger partial charge in [-0.05, 0) is 20.3 Å². The van der Waals surface area contributed by atoms with Crippen molar-refractivity contribution in [2.24, 2.45) is 0 Å². The van der Waals surface area contributed by atoms with Crippen molar-refractivity contribution in [3.05, 3.63) is 12.0 Å². The van der Waals surface area contributed by atoms with Crippen molar-refractivity contribution in [3.63, 3.8) is 0 Å². The molecule has 0 spiro atoms. The Bertz CT molecular complexity index is 470. The summed E-state index contributed by atoms with van der Waals surface area (Å²) in [5.74, 6) is 0.721. The van der Waals surface area contributed by atoms with Crippen LogP contribution in [0, 0.1) is 6.92 Å². The first kappa shape index (κ1) is 14.7. The Morgan fingerprint density at radius 2 is 2.24 bits per heavy atom. The van der Waals surface area contributed by atoms with Gasteiger partial charge in [0.1, 0.15) is 5.82 Å². The molecule has 1 unspecified atom stereocenters. The molecule has 1 aromatic heterocycles.